The van der Waals surface area contributed by atoms with E-state index in [1.54, 1.807) is 24.6 Å². The minimum Gasteiger partial charge on any atom is -0.482 e. The average Bonchev–Trinajstić information content (AvgIpc) is 3.09. The first-order valence-corrected chi connectivity index (χ1v) is 12.2. The minimum atomic E-state index is -2.67. The zero-order chi connectivity index (χ0) is 24.5. The molecule has 0 atom stereocenters. The van der Waals surface area contributed by atoms with E-state index in [1.165, 1.54) is 12.3 Å². The Morgan fingerprint density at radius 2 is 2.03 bits per heavy atom. The van der Waals surface area contributed by atoms with Gasteiger partial charge >= 0.3 is 0 Å². The average molecular weight is 512 g/mol. The molecule has 0 bridgehead atoms. The number of carbonyl (C=O) groups excluding carboxylic acids is 1. The predicted molar refractivity (Wildman–Crippen MR) is 126 cm³/mol. The molecule has 4 heterocycles. The number of alkyl halides is 2. The zero-order valence-corrected chi connectivity index (χ0v) is 20.5. The molecule has 34 heavy (non-hydrogen) atoms. The highest BCUT2D eigenvalue weighted by atomic mass is 35.5. The van der Waals surface area contributed by atoms with Crippen molar-refractivity contribution in [2.75, 3.05) is 18.1 Å². The highest BCUT2D eigenvalue weighted by Gasteiger charge is 2.31. The van der Waals surface area contributed by atoms with Crippen LogP contribution in [0.2, 0.25) is 5.02 Å². The summed E-state index contributed by atoms with van der Waals surface area (Å²) < 4.78 is 37.9. The second-order valence-corrected chi connectivity index (χ2v) is 9.96. The van der Waals surface area contributed by atoms with Gasteiger partial charge in [0.1, 0.15) is 6.61 Å². The van der Waals surface area contributed by atoms with Crippen LogP contribution in [-0.4, -0.2) is 55.5 Å². The molecule has 12 heteroatoms. The van der Waals surface area contributed by atoms with Crippen LogP contribution in [0.4, 0.5) is 8.78 Å². The molecule has 1 saturated heterocycles. The van der Waals surface area contributed by atoms with Crippen LogP contribution in [0.3, 0.4) is 0 Å². The molecule has 4 rings (SSSR count). The van der Waals surface area contributed by atoms with Crippen molar-refractivity contribution >= 4 is 40.4 Å². The molecule has 1 fully saturated rings. The summed E-state index contributed by atoms with van der Waals surface area (Å²) >= 11 is 7.81. The molecule has 3 aromatic heterocycles. The fourth-order valence-electron chi connectivity index (χ4n) is 3.61. The van der Waals surface area contributed by atoms with Crippen molar-refractivity contribution < 1.29 is 23.0 Å². The van der Waals surface area contributed by atoms with E-state index in [9.17, 15) is 13.6 Å². The number of imidazole rings is 1. The maximum absolute atomic E-state index is 13.0. The van der Waals surface area contributed by atoms with Crippen LogP contribution >= 0.6 is 23.4 Å². The number of amides is 1. The second-order valence-electron chi connectivity index (χ2n) is 8.30. The van der Waals surface area contributed by atoms with Crippen molar-refractivity contribution in [3.8, 4) is 17.4 Å². The fourth-order valence-corrected chi connectivity index (χ4v) is 5.15. The molecule has 182 valence electrons. The molecule has 1 amide bonds. The number of fused-ring (bicyclic) bond motifs is 1. The Bertz CT molecular complexity index is 1220. The van der Waals surface area contributed by atoms with Gasteiger partial charge in [-0.25, -0.2) is 23.7 Å². The largest absolute Gasteiger partial charge is 0.482 e. The van der Waals surface area contributed by atoms with Crippen LogP contribution in [0.1, 0.15) is 36.1 Å². The molecule has 1 aliphatic rings. The van der Waals surface area contributed by atoms with Gasteiger partial charge in [0.2, 0.25) is 5.82 Å². The van der Waals surface area contributed by atoms with Crippen molar-refractivity contribution in [2.45, 2.75) is 38.7 Å². The SMILES string of the molecule is Cc1nc2nc(C(=O)NC3(C)CCSCC3)n(C)c2cc1Oc1ncc(Cl)cc1OCC(F)F. The Balaban J connectivity index is 1.62. The molecule has 0 saturated carbocycles. The van der Waals surface area contributed by atoms with Crippen molar-refractivity contribution in [3.05, 3.63) is 34.9 Å². The van der Waals surface area contributed by atoms with Gasteiger partial charge in [0.25, 0.3) is 18.2 Å². The summed E-state index contributed by atoms with van der Waals surface area (Å²) in [7, 11) is 1.72. The van der Waals surface area contributed by atoms with Gasteiger partial charge in [0.05, 0.1) is 16.2 Å². The maximum Gasteiger partial charge on any atom is 0.287 e. The van der Waals surface area contributed by atoms with Crippen molar-refractivity contribution in [1.82, 2.24) is 24.8 Å². The molecule has 0 aliphatic carbocycles. The van der Waals surface area contributed by atoms with E-state index in [2.05, 4.69) is 27.2 Å². The molecular weight excluding hydrogens is 488 g/mol. The summed E-state index contributed by atoms with van der Waals surface area (Å²) in [6.45, 7) is 2.93. The summed E-state index contributed by atoms with van der Waals surface area (Å²) in [6, 6.07) is 3.03. The van der Waals surface area contributed by atoms with Gasteiger partial charge < -0.3 is 19.4 Å². The monoisotopic (exact) mass is 511 g/mol. The summed E-state index contributed by atoms with van der Waals surface area (Å²) in [5.41, 5.74) is 1.16. The first kappa shape index (κ1) is 24.5. The zero-order valence-electron chi connectivity index (χ0n) is 18.9. The molecule has 0 aromatic carbocycles. The van der Waals surface area contributed by atoms with Crippen molar-refractivity contribution in [1.29, 1.82) is 0 Å². The number of nitrogens with zero attached hydrogens (tertiary/aromatic N) is 4. The Morgan fingerprint density at radius 1 is 1.29 bits per heavy atom. The van der Waals surface area contributed by atoms with Crippen molar-refractivity contribution in [2.24, 2.45) is 7.05 Å². The van der Waals surface area contributed by atoms with E-state index >= 15 is 0 Å². The number of hydrogen-bond donors (Lipinski definition) is 1. The van der Waals surface area contributed by atoms with Crippen LogP contribution in [0.15, 0.2) is 18.3 Å². The lowest BCUT2D eigenvalue weighted by Crippen LogP contribution is -2.48. The van der Waals surface area contributed by atoms with E-state index in [0.717, 1.165) is 24.3 Å². The third-order valence-corrected chi connectivity index (χ3v) is 6.78. The number of thioether (sulfide) groups is 1. The van der Waals surface area contributed by atoms with Gasteiger partial charge in [-0.05, 0) is 38.2 Å². The van der Waals surface area contributed by atoms with Crippen LogP contribution < -0.4 is 14.8 Å². The summed E-state index contributed by atoms with van der Waals surface area (Å²) in [5.74, 6) is 2.25. The topological polar surface area (TPSA) is 91.2 Å². The normalized spacial score (nSPS) is 15.5. The molecule has 0 unspecified atom stereocenters. The third kappa shape index (κ3) is 5.35. The lowest BCUT2D eigenvalue weighted by Gasteiger charge is -2.34. The first-order chi connectivity index (χ1) is 16.1. The molecule has 1 N–H and O–H groups in total. The standard InChI is InChI=1S/C22H24ClF2N5O3S/c1-12-15(33-21-16(32-11-17(24)25)8-13(23)10-26-21)9-14-18(27-12)28-19(30(14)3)20(31)29-22(2)4-6-34-7-5-22/h8-10,17H,4-7,11H2,1-3H3,(H,29,31). The lowest BCUT2D eigenvalue weighted by atomic mass is 9.95. The van der Waals surface area contributed by atoms with E-state index in [1.807, 2.05) is 11.8 Å². The second kappa shape index (κ2) is 9.91. The number of rotatable bonds is 7. The highest BCUT2D eigenvalue weighted by molar-refractivity contribution is 7.99. The summed E-state index contributed by atoms with van der Waals surface area (Å²) in [6.07, 6.45) is 0.448. The molecule has 1 aliphatic heterocycles. The molecule has 3 aromatic rings. The summed E-state index contributed by atoms with van der Waals surface area (Å²) in [5, 5.41) is 3.34. The van der Waals surface area contributed by atoms with Gasteiger partial charge in [-0.1, -0.05) is 11.6 Å². The minimum absolute atomic E-state index is 0.0174. The van der Waals surface area contributed by atoms with Crippen LogP contribution in [-0.2, 0) is 7.05 Å². The number of aryl methyl sites for hydroxylation is 2. The number of pyridine rings is 2. The van der Waals surface area contributed by atoms with Gasteiger partial charge in [0.15, 0.2) is 17.1 Å². The molecule has 8 nitrogen and oxygen atoms in total. The van der Waals surface area contributed by atoms with Crippen LogP contribution in [0.5, 0.6) is 17.4 Å². The van der Waals surface area contributed by atoms with Gasteiger partial charge in [0, 0.05) is 30.9 Å². The van der Waals surface area contributed by atoms with E-state index < -0.39 is 13.0 Å². The number of halogens is 3. The van der Waals surface area contributed by atoms with Gasteiger partial charge in [-0.2, -0.15) is 11.8 Å². The Labute approximate surface area is 204 Å². The first-order valence-electron chi connectivity index (χ1n) is 10.6. The number of hydrogen-bond acceptors (Lipinski definition) is 7. The van der Waals surface area contributed by atoms with Crippen molar-refractivity contribution in [3.63, 3.8) is 0 Å². The van der Waals surface area contributed by atoms with Crippen LogP contribution in [0, 0.1) is 6.92 Å². The fraction of sp³-hybridized carbons (Fsp3) is 0.455. The molecular formula is C22H24ClF2N5O3S. The smallest absolute Gasteiger partial charge is 0.287 e. The highest BCUT2D eigenvalue weighted by Crippen LogP contribution is 2.34. The Kier molecular flexibility index (Phi) is 7.13. The Morgan fingerprint density at radius 3 is 2.74 bits per heavy atom. The Hall–Kier alpha value is -2.66. The van der Waals surface area contributed by atoms with Gasteiger partial charge in [-0.3, -0.25) is 4.79 Å². The van der Waals surface area contributed by atoms with E-state index in [0.29, 0.717) is 22.6 Å². The van der Waals surface area contributed by atoms with E-state index in [4.69, 9.17) is 21.1 Å². The number of ether oxygens (including phenoxy) is 2. The number of carbonyl (C=O) groups is 1. The lowest BCUT2D eigenvalue weighted by molar-refractivity contribution is 0.0804. The number of aromatic nitrogens is 4. The number of nitrogens with one attached hydrogen (secondary N) is 1. The molecule has 0 radical (unpaired) electrons. The van der Waals surface area contributed by atoms with Crippen LogP contribution in [0.25, 0.3) is 11.2 Å². The third-order valence-electron chi connectivity index (χ3n) is 5.59. The quantitative estimate of drug-likeness (QED) is 0.488. The molecule has 0 spiro atoms. The maximum atomic E-state index is 13.0. The van der Waals surface area contributed by atoms with E-state index in [-0.39, 0.29) is 33.9 Å². The predicted octanol–water partition coefficient (Wildman–Crippen LogP) is 4.78. The van der Waals surface area contributed by atoms with Gasteiger partial charge in [-0.15, -0.1) is 0 Å². The summed E-state index contributed by atoms with van der Waals surface area (Å²) in [4.78, 5) is 26.0.